The van der Waals surface area contributed by atoms with Gasteiger partial charge >= 0.3 is 0 Å². The van der Waals surface area contributed by atoms with Gasteiger partial charge in [-0.25, -0.2) is 4.98 Å². The largest absolute Gasteiger partial charge is 0.483 e. The molecule has 0 spiro atoms. The maximum Gasteiger partial charge on any atom is 0.271 e. The van der Waals surface area contributed by atoms with E-state index >= 15 is 0 Å². The van der Waals surface area contributed by atoms with E-state index in [2.05, 4.69) is 15.3 Å². The van der Waals surface area contributed by atoms with Gasteiger partial charge in [-0.2, -0.15) is 16.3 Å². The molecule has 9 heteroatoms. The third-order valence-electron chi connectivity index (χ3n) is 3.40. The van der Waals surface area contributed by atoms with Crippen LogP contribution in [0.5, 0.6) is 11.6 Å². The smallest absolute Gasteiger partial charge is 0.271 e. The molecule has 0 saturated carbocycles. The second-order valence-corrected chi connectivity index (χ2v) is 6.46. The fraction of sp³-hybridized carbons (Fsp3) is 0.333. The van der Waals surface area contributed by atoms with Crippen LogP contribution in [-0.4, -0.2) is 35.0 Å². The zero-order valence-corrected chi connectivity index (χ0v) is 14.0. The maximum absolute atomic E-state index is 12.3. The van der Waals surface area contributed by atoms with Crippen molar-refractivity contribution in [1.29, 1.82) is 0 Å². The average molecular weight is 348 g/mol. The number of nitrogens with two attached hydrogens (primary N) is 1. The minimum atomic E-state index is -0.945. The van der Waals surface area contributed by atoms with Gasteiger partial charge in [-0.3, -0.25) is 9.59 Å². The molecule has 8 nitrogen and oxygen atoms in total. The fourth-order valence-corrected chi connectivity index (χ4v) is 2.83. The van der Waals surface area contributed by atoms with Gasteiger partial charge in [0.05, 0.1) is 11.1 Å². The molecule has 2 amide bonds. The summed E-state index contributed by atoms with van der Waals surface area (Å²) in [5, 5.41) is 6.40. The zero-order valence-electron chi connectivity index (χ0n) is 13.2. The first-order valence-electron chi connectivity index (χ1n) is 7.21. The van der Waals surface area contributed by atoms with E-state index in [1.165, 1.54) is 11.3 Å². The summed E-state index contributed by atoms with van der Waals surface area (Å²) in [6.07, 6.45) is 0. The number of thiophene rings is 1. The number of carbonyl (C=O) groups excluding carboxylic acids is 2. The molecule has 0 radical (unpaired) electrons. The maximum atomic E-state index is 12.3. The molecular weight excluding hydrogens is 332 g/mol. The minimum absolute atomic E-state index is 0.0624. The summed E-state index contributed by atoms with van der Waals surface area (Å²) in [5.41, 5.74) is 4.91. The summed E-state index contributed by atoms with van der Waals surface area (Å²) in [7, 11) is 0. The first kappa shape index (κ1) is 16.2. The average Bonchev–Trinajstić information content (AvgIpc) is 3.07. The molecule has 2 aromatic rings. The second kappa shape index (κ2) is 6.08. The van der Waals surface area contributed by atoms with Crippen LogP contribution in [0.2, 0.25) is 0 Å². The van der Waals surface area contributed by atoms with Crippen molar-refractivity contribution in [2.75, 3.05) is 13.2 Å². The van der Waals surface area contributed by atoms with Crippen LogP contribution in [0, 0.1) is 0 Å². The Bertz CT molecular complexity index is 789. The predicted octanol–water partition coefficient (Wildman–Crippen LogP) is 1.07. The second-order valence-electron chi connectivity index (χ2n) is 5.68. The zero-order chi connectivity index (χ0) is 17.3. The van der Waals surface area contributed by atoms with E-state index < -0.39 is 11.4 Å². The monoisotopic (exact) mass is 348 g/mol. The van der Waals surface area contributed by atoms with E-state index in [0.29, 0.717) is 12.2 Å². The van der Waals surface area contributed by atoms with Crippen molar-refractivity contribution < 1.29 is 19.1 Å². The van der Waals surface area contributed by atoms with Crippen LogP contribution in [0.15, 0.2) is 16.8 Å². The molecule has 3 heterocycles. The number of ether oxygens (including phenoxy) is 2. The standard InChI is InChI=1S/C15H16N4O4S/c1-15(2,19-12(21)8-3-6-24-7-8)14-17-9(11(16)20)10-13(18-14)23-5-4-22-10/h3,6-7H,4-5H2,1-2H3,(H2,16,20)(H,19,21). The van der Waals surface area contributed by atoms with Gasteiger partial charge in [0.25, 0.3) is 17.7 Å². The fourth-order valence-electron chi connectivity index (χ4n) is 2.19. The Hall–Kier alpha value is -2.68. The van der Waals surface area contributed by atoms with Crippen molar-refractivity contribution in [3.05, 3.63) is 33.9 Å². The molecule has 0 atom stereocenters. The third kappa shape index (κ3) is 3.02. The highest BCUT2D eigenvalue weighted by Crippen LogP contribution is 2.33. The molecule has 0 saturated heterocycles. The molecule has 24 heavy (non-hydrogen) atoms. The minimum Gasteiger partial charge on any atom is -0.483 e. The quantitative estimate of drug-likeness (QED) is 0.854. The molecule has 126 valence electrons. The van der Waals surface area contributed by atoms with Crippen molar-refractivity contribution in [2.24, 2.45) is 5.73 Å². The van der Waals surface area contributed by atoms with E-state index in [1.54, 1.807) is 25.3 Å². The number of carbonyl (C=O) groups is 2. The summed E-state index contributed by atoms with van der Waals surface area (Å²) in [6.45, 7) is 4.05. The number of primary amides is 1. The van der Waals surface area contributed by atoms with Gasteiger partial charge in [-0.15, -0.1) is 0 Å². The van der Waals surface area contributed by atoms with Crippen molar-refractivity contribution in [3.63, 3.8) is 0 Å². The third-order valence-corrected chi connectivity index (χ3v) is 4.09. The first-order chi connectivity index (χ1) is 11.4. The number of nitrogens with zero attached hydrogens (tertiary/aromatic N) is 2. The molecule has 0 aliphatic carbocycles. The number of hydrogen-bond donors (Lipinski definition) is 2. The number of rotatable bonds is 4. The molecule has 1 aliphatic heterocycles. The summed E-state index contributed by atoms with van der Waals surface area (Å²) in [4.78, 5) is 32.4. The number of hydrogen-bond acceptors (Lipinski definition) is 7. The Kier molecular flexibility index (Phi) is 4.10. The Morgan fingerprint density at radius 1 is 1.29 bits per heavy atom. The van der Waals surface area contributed by atoms with Gasteiger partial charge in [0.15, 0.2) is 11.5 Å². The van der Waals surface area contributed by atoms with Crippen LogP contribution < -0.4 is 20.5 Å². The van der Waals surface area contributed by atoms with Crippen LogP contribution in [0.25, 0.3) is 0 Å². The lowest BCUT2D eigenvalue weighted by atomic mass is 10.0. The lowest BCUT2D eigenvalue weighted by Crippen LogP contribution is -2.43. The number of aromatic nitrogens is 2. The van der Waals surface area contributed by atoms with Crippen molar-refractivity contribution in [3.8, 4) is 11.6 Å². The van der Waals surface area contributed by atoms with Crippen LogP contribution in [-0.2, 0) is 5.54 Å². The Labute approximate surface area is 142 Å². The number of nitrogens with one attached hydrogen (secondary N) is 1. The number of fused-ring (bicyclic) bond motifs is 1. The van der Waals surface area contributed by atoms with Crippen LogP contribution >= 0.6 is 11.3 Å². The molecule has 0 bridgehead atoms. The van der Waals surface area contributed by atoms with E-state index in [9.17, 15) is 9.59 Å². The van der Waals surface area contributed by atoms with Crippen molar-refractivity contribution >= 4 is 23.2 Å². The molecule has 0 fully saturated rings. The molecule has 3 rings (SSSR count). The van der Waals surface area contributed by atoms with E-state index in [4.69, 9.17) is 15.2 Å². The van der Waals surface area contributed by atoms with Crippen LogP contribution in [0.4, 0.5) is 0 Å². The Balaban J connectivity index is 1.96. The molecule has 0 unspecified atom stereocenters. The van der Waals surface area contributed by atoms with Gasteiger partial charge < -0.3 is 20.5 Å². The van der Waals surface area contributed by atoms with E-state index in [-0.39, 0.29) is 35.7 Å². The normalized spacial score (nSPS) is 13.4. The van der Waals surface area contributed by atoms with E-state index in [0.717, 1.165) is 0 Å². The molecule has 3 N–H and O–H groups in total. The van der Waals surface area contributed by atoms with Crippen molar-refractivity contribution in [2.45, 2.75) is 19.4 Å². The summed E-state index contributed by atoms with van der Waals surface area (Å²) < 4.78 is 10.8. The Morgan fingerprint density at radius 2 is 2.04 bits per heavy atom. The summed E-state index contributed by atoms with van der Waals surface area (Å²) >= 11 is 1.42. The number of amides is 2. The lowest BCUT2D eigenvalue weighted by Gasteiger charge is -2.27. The molecule has 1 aliphatic rings. The molecular formula is C15H16N4O4S. The van der Waals surface area contributed by atoms with Crippen molar-refractivity contribution in [1.82, 2.24) is 15.3 Å². The van der Waals surface area contributed by atoms with Crippen LogP contribution in [0.1, 0.15) is 40.5 Å². The highest BCUT2D eigenvalue weighted by atomic mass is 32.1. The topological polar surface area (TPSA) is 116 Å². The van der Waals surface area contributed by atoms with Gasteiger partial charge in [-0.05, 0) is 25.3 Å². The lowest BCUT2D eigenvalue weighted by molar-refractivity contribution is 0.0907. The highest BCUT2D eigenvalue weighted by Gasteiger charge is 2.32. The Morgan fingerprint density at radius 3 is 2.71 bits per heavy atom. The van der Waals surface area contributed by atoms with Gasteiger partial charge in [0, 0.05) is 5.38 Å². The highest BCUT2D eigenvalue weighted by molar-refractivity contribution is 7.08. The summed E-state index contributed by atoms with van der Waals surface area (Å²) in [5.74, 6) is -0.514. The van der Waals surface area contributed by atoms with E-state index in [1.807, 2.05) is 5.38 Å². The first-order valence-corrected chi connectivity index (χ1v) is 8.15. The van der Waals surface area contributed by atoms with Gasteiger partial charge in [-0.1, -0.05) is 0 Å². The SMILES string of the molecule is CC(C)(NC(=O)c1ccsc1)c1nc2c(c(C(N)=O)n1)OCCO2. The van der Waals surface area contributed by atoms with Crippen LogP contribution in [0.3, 0.4) is 0 Å². The summed E-state index contributed by atoms with van der Waals surface area (Å²) in [6, 6.07) is 1.72. The molecule has 2 aromatic heterocycles. The van der Waals surface area contributed by atoms with Gasteiger partial charge in [0.2, 0.25) is 5.75 Å². The predicted molar refractivity (Wildman–Crippen MR) is 86.4 cm³/mol. The molecule has 0 aromatic carbocycles. The van der Waals surface area contributed by atoms with Gasteiger partial charge in [0.1, 0.15) is 13.2 Å².